The van der Waals surface area contributed by atoms with E-state index in [9.17, 15) is 10.2 Å². The number of phenolic OH excluding ortho intramolecular Hbond substituents is 2. The topological polar surface area (TPSA) is 55.7 Å². The molecular formula is C21H25ClN2O2S. The molecule has 0 saturated heterocycles. The van der Waals surface area contributed by atoms with Crippen molar-refractivity contribution in [1.29, 1.82) is 0 Å². The number of nitrogens with one attached hydrogen (secondary N) is 1. The third-order valence-electron chi connectivity index (χ3n) is 5.30. The van der Waals surface area contributed by atoms with Gasteiger partial charge in [-0.25, -0.2) is 0 Å². The summed E-state index contributed by atoms with van der Waals surface area (Å²) in [6, 6.07) is 0.105. The van der Waals surface area contributed by atoms with Gasteiger partial charge in [0, 0.05) is 18.7 Å². The van der Waals surface area contributed by atoms with Crippen LogP contribution in [-0.4, -0.2) is 32.8 Å². The highest BCUT2D eigenvalue weighted by molar-refractivity contribution is 7.80. The van der Waals surface area contributed by atoms with Crippen molar-refractivity contribution < 1.29 is 10.2 Å². The lowest BCUT2D eigenvalue weighted by Gasteiger charge is -2.34. The number of thiocarbonyl (C=S) groups is 1. The zero-order chi connectivity index (χ0) is 19.6. The molecule has 0 fully saturated rings. The monoisotopic (exact) mass is 404 g/mol. The number of benzene rings is 1. The van der Waals surface area contributed by atoms with Crippen molar-refractivity contribution in [3.05, 3.63) is 58.2 Å². The number of allylic oxidation sites excluding steroid dienone is 3. The average Bonchev–Trinajstić information content (AvgIpc) is 2.77. The van der Waals surface area contributed by atoms with E-state index in [0.717, 1.165) is 36.0 Å². The van der Waals surface area contributed by atoms with Gasteiger partial charge >= 0.3 is 0 Å². The minimum absolute atomic E-state index is 0.105. The summed E-state index contributed by atoms with van der Waals surface area (Å²) < 4.78 is 0. The molecule has 0 aromatic heterocycles. The summed E-state index contributed by atoms with van der Waals surface area (Å²) in [7, 11) is 0. The van der Waals surface area contributed by atoms with Crippen LogP contribution < -0.4 is 5.32 Å². The highest BCUT2D eigenvalue weighted by Crippen LogP contribution is 2.43. The van der Waals surface area contributed by atoms with Crippen LogP contribution >= 0.6 is 23.8 Å². The number of nitrogens with zero attached hydrogens (tertiary/aromatic N) is 1. The summed E-state index contributed by atoms with van der Waals surface area (Å²) in [6.07, 6.45) is 12.0. The Morgan fingerprint density at radius 1 is 1.30 bits per heavy atom. The lowest BCUT2D eigenvalue weighted by atomic mass is 9.94. The number of fused-ring (bicyclic) bond motifs is 1. The Morgan fingerprint density at radius 3 is 2.85 bits per heavy atom. The quantitative estimate of drug-likeness (QED) is 0.474. The molecule has 0 radical (unpaired) electrons. The van der Waals surface area contributed by atoms with E-state index >= 15 is 0 Å². The van der Waals surface area contributed by atoms with Crippen molar-refractivity contribution in [3.63, 3.8) is 0 Å². The van der Waals surface area contributed by atoms with Crippen LogP contribution in [0.25, 0.3) is 0 Å². The predicted octanol–water partition coefficient (Wildman–Crippen LogP) is 4.51. The second-order valence-corrected chi connectivity index (χ2v) is 7.82. The van der Waals surface area contributed by atoms with E-state index in [1.165, 1.54) is 0 Å². The molecule has 3 rings (SSSR count). The molecule has 1 aromatic rings. The minimum Gasteiger partial charge on any atom is -0.504 e. The van der Waals surface area contributed by atoms with Crippen molar-refractivity contribution >= 4 is 28.9 Å². The Bertz CT molecular complexity index is 832. The Kier molecular flexibility index (Phi) is 6.12. The minimum atomic E-state index is -0.232. The Hall–Kier alpha value is -1.98. The molecule has 1 aliphatic heterocycles. The van der Waals surface area contributed by atoms with Gasteiger partial charge in [-0.15, -0.1) is 0 Å². The van der Waals surface area contributed by atoms with E-state index in [1.54, 1.807) is 6.92 Å². The van der Waals surface area contributed by atoms with Gasteiger partial charge in [-0.1, -0.05) is 42.5 Å². The summed E-state index contributed by atoms with van der Waals surface area (Å²) in [6.45, 7) is 7.23. The van der Waals surface area contributed by atoms with Crippen molar-refractivity contribution in [3.8, 4) is 11.5 Å². The lowest BCUT2D eigenvalue weighted by molar-refractivity contribution is 0.368. The summed E-state index contributed by atoms with van der Waals surface area (Å²) in [4.78, 5) is 2.08. The van der Waals surface area contributed by atoms with Crippen LogP contribution in [0.2, 0.25) is 5.02 Å². The van der Waals surface area contributed by atoms with Gasteiger partial charge in [-0.3, -0.25) is 0 Å². The molecule has 1 heterocycles. The molecule has 1 atom stereocenters. The van der Waals surface area contributed by atoms with Crippen molar-refractivity contribution in [2.75, 3.05) is 6.54 Å². The molecule has 1 aliphatic carbocycles. The number of halogens is 1. The van der Waals surface area contributed by atoms with Crippen LogP contribution in [0.15, 0.2) is 36.5 Å². The van der Waals surface area contributed by atoms with Gasteiger partial charge in [0.2, 0.25) is 0 Å². The van der Waals surface area contributed by atoms with Crippen molar-refractivity contribution in [2.24, 2.45) is 0 Å². The molecule has 3 N–H and O–H groups in total. The standard InChI is InChI=1S/C21H25ClN2O2S/c1-13-8-6-4-3-5-7-9-17(13)23-21(27)24-11-10-15-16(12-24)14(2)19(25)20(26)18(15)22/h3-4,6,8,17,25-26H,1,5,7,9-12H2,2H3,(H,23,27)/b4-3-,8-6-. The van der Waals surface area contributed by atoms with Crippen LogP contribution in [0.1, 0.15) is 36.0 Å². The SMILES string of the molecule is C=C1/C=C\C=C/CCCC1NC(=S)N1CCc2c(Cl)c(O)c(O)c(C)c2C1. The second-order valence-electron chi connectivity index (χ2n) is 7.06. The number of hydrogen-bond acceptors (Lipinski definition) is 3. The molecule has 1 unspecified atom stereocenters. The van der Waals surface area contributed by atoms with Gasteiger partial charge in [-0.2, -0.15) is 0 Å². The van der Waals surface area contributed by atoms with Crippen molar-refractivity contribution in [1.82, 2.24) is 10.2 Å². The summed E-state index contributed by atoms with van der Waals surface area (Å²) in [5.74, 6) is -0.383. The fraction of sp³-hybridized carbons (Fsp3) is 0.381. The van der Waals surface area contributed by atoms with Gasteiger partial charge in [-0.05, 0) is 61.5 Å². The first kappa shape index (κ1) is 19.8. The number of hydrogen-bond donors (Lipinski definition) is 3. The predicted molar refractivity (Wildman–Crippen MR) is 114 cm³/mol. The first-order valence-corrected chi connectivity index (χ1v) is 9.98. The van der Waals surface area contributed by atoms with E-state index in [4.69, 9.17) is 23.8 Å². The van der Waals surface area contributed by atoms with Crippen LogP contribution in [0.3, 0.4) is 0 Å². The zero-order valence-electron chi connectivity index (χ0n) is 15.5. The van der Waals surface area contributed by atoms with E-state index in [0.29, 0.717) is 30.2 Å². The van der Waals surface area contributed by atoms with E-state index in [1.807, 2.05) is 12.2 Å². The van der Waals surface area contributed by atoms with E-state index in [2.05, 4.69) is 28.9 Å². The number of aromatic hydroxyl groups is 2. The van der Waals surface area contributed by atoms with Gasteiger partial charge in [0.1, 0.15) is 0 Å². The van der Waals surface area contributed by atoms with Crippen LogP contribution in [-0.2, 0) is 13.0 Å². The van der Waals surface area contributed by atoms with Gasteiger partial charge in [0.15, 0.2) is 16.6 Å². The van der Waals surface area contributed by atoms with Gasteiger partial charge in [0.25, 0.3) is 0 Å². The highest BCUT2D eigenvalue weighted by Gasteiger charge is 2.27. The summed E-state index contributed by atoms with van der Waals surface area (Å²) in [5, 5.41) is 24.5. The van der Waals surface area contributed by atoms with Gasteiger partial charge < -0.3 is 20.4 Å². The largest absolute Gasteiger partial charge is 0.504 e. The molecule has 144 valence electrons. The first-order chi connectivity index (χ1) is 12.9. The Labute approximate surface area is 170 Å². The molecule has 6 heteroatoms. The molecule has 2 aliphatic rings. The molecule has 0 saturated carbocycles. The second kappa shape index (κ2) is 8.36. The fourth-order valence-electron chi connectivity index (χ4n) is 3.59. The number of rotatable bonds is 1. The molecule has 1 aromatic carbocycles. The normalized spacial score (nSPS) is 22.2. The molecule has 0 spiro atoms. The maximum atomic E-state index is 10.1. The zero-order valence-corrected chi connectivity index (χ0v) is 17.0. The fourth-order valence-corrected chi connectivity index (χ4v) is 4.19. The molecule has 4 nitrogen and oxygen atoms in total. The maximum absolute atomic E-state index is 10.1. The summed E-state index contributed by atoms with van der Waals surface area (Å²) in [5.41, 5.74) is 3.50. The smallest absolute Gasteiger partial charge is 0.177 e. The lowest BCUT2D eigenvalue weighted by Crippen LogP contribution is -2.47. The number of phenols is 2. The highest BCUT2D eigenvalue weighted by atomic mass is 35.5. The maximum Gasteiger partial charge on any atom is 0.177 e. The molecular weight excluding hydrogens is 380 g/mol. The van der Waals surface area contributed by atoms with E-state index in [-0.39, 0.29) is 22.6 Å². The molecule has 0 amide bonds. The third-order valence-corrected chi connectivity index (χ3v) is 6.09. The Balaban J connectivity index is 1.75. The van der Waals surface area contributed by atoms with E-state index < -0.39 is 0 Å². The molecule has 0 bridgehead atoms. The molecule has 27 heavy (non-hydrogen) atoms. The van der Waals surface area contributed by atoms with Gasteiger partial charge in [0.05, 0.1) is 11.1 Å². The first-order valence-electron chi connectivity index (χ1n) is 9.19. The van der Waals surface area contributed by atoms with Crippen LogP contribution in [0.4, 0.5) is 0 Å². The van der Waals surface area contributed by atoms with Crippen LogP contribution in [0.5, 0.6) is 11.5 Å². The Morgan fingerprint density at radius 2 is 2.07 bits per heavy atom. The summed E-state index contributed by atoms with van der Waals surface area (Å²) >= 11 is 11.9. The van der Waals surface area contributed by atoms with Crippen molar-refractivity contribution in [2.45, 2.75) is 45.2 Å². The third kappa shape index (κ3) is 4.14. The van der Waals surface area contributed by atoms with Crippen LogP contribution in [0, 0.1) is 6.92 Å². The average molecular weight is 405 g/mol.